The zero-order valence-electron chi connectivity index (χ0n) is 13.5. The van der Waals surface area contributed by atoms with Gasteiger partial charge in [0.05, 0.1) is 11.7 Å². The van der Waals surface area contributed by atoms with E-state index < -0.39 is 17.6 Å². The van der Waals surface area contributed by atoms with Crippen LogP contribution in [0, 0.1) is 12.7 Å². The molecule has 0 spiro atoms. The number of aryl methyl sites for hydroxylation is 2. The van der Waals surface area contributed by atoms with Crippen LogP contribution in [0.15, 0.2) is 24.5 Å². The van der Waals surface area contributed by atoms with E-state index in [2.05, 4.69) is 15.5 Å². The fraction of sp³-hybridized carbons (Fsp3) is 0.375. The Balaban J connectivity index is 1.77. The van der Waals surface area contributed by atoms with Gasteiger partial charge in [-0.1, -0.05) is 12.1 Å². The lowest BCUT2D eigenvalue weighted by Gasteiger charge is -2.23. The molecule has 126 valence electrons. The van der Waals surface area contributed by atoms with Crippen LogP contribution in [0.1, 0.15) is 30.3 Å². The van der Waals surface area contributed by atoms with Crippen LogP contribution in [0.4, 0.5) is 10.1 Å². The predicted molar refractivity (Wildman–Crippen MR) is 84.5 cm³/mol. The molecule has 0 saturated carbocycles. The second kappa shape index (κ2) is 6.38. The smallest absolute Gasteiger partial charge is 0.314 e. The number of benzene rings is 1. The molecule has 0 aliphatic carbocycles. The van der Waals surface area contributed by atoms with Crippen molar-refractivity contribution in [3.05, 3.63) is 41.7 Å². The molecule has 1 aliphatic heterocycles. The molecule has 8 heteroatoms. The maximum absolute atomic E-state index is 14.0. The van der Waals surface area contributed by atoms with E-state index in [0.29, 0.717) is 24.4 Å². The van der Waals surface area contributed by atoms with Crippen molar-refractivity contribution in [2.75, 3.05) is 11.9 Å². The van der Waals surface area contributed by atoms with Gasteiger partial charge >= 0.3 is 11.8 Å². The number of anilines is 1. The third-order valence-corrected chi connectivity index (χ3v) is 4.19. The summed E-state index contributed by atoms with van der Waals surface area (Å²) >= 11 is 0. The van der Waals surface area contributed by atoms with Gasteiger partial charge < -0.3 is 14.8 Å². The molecule has 0 radical (unpaired) electrons. The standard InChI is InChI=1S/C16H18FN5O2/c1-10-5-3-6-11(13(10)17)19-15(23)16(24)22-8-4-7-12(22)14-20-18-9-21(14)2/h3,5-6,9,12H,4,7-8H2,1-2H3,(H,19,23)/t12-/m1/s1. The number of nitrogens with zero attached hydrogens (tertiary/aromatic N) is 4. The van der Waals surface area contributed by atoms with E-state index in [-0.39, 0.29) is 11.7 Å². The summed E-state index contributed by atoms with van der Waals surface area (Å²) in [5.41, 5.74) is 0.404. The van der Waals surface area contributed by atoms with Crippen molar-refractivity contribution in [1.29, 1.82) is 0 Å². The second-order valence-corrected chi connectivity index (χ2v) is 5.85. The number of carbonyl (C=O) groups is 2. The molecule has 1 aromatic carbocycles. The number of hydrogen-bond acceptors (Lipinski definition) is 4. The lowest BCUT2D eigenvalue weighted by atomic mass is 10.2. The van der Waals surface area contributed by atoms with Crippen molar-refractivity contribution in [3.63, 3.8) is 0 Å². The number of amides is 2. The molecule has 2 aromatic rings. The Morgan fingerprint density at radius 3 is 2.88 bits per heavy atom. The number of aromatic nitrogens is 3. The molecule has 0 bridgehead atoms. The molecule has 2 heterocycles. The molecule has 1 saturated heterocycles. The molecular weight excluding hydrogens is 313 g/mol. The Morgan fingerprint density at radius 1 is 1.38 bits per heavy atom. The highest BCUT2D eigenvalue weighted by Crippen LogP contribution is 2.30. The summed E-state index contributed by atoms with van der Waals surface area (Å²) < 4.78 is 15.7. The molecule has 0 unspecified atom stereocenters. The zero-order chi connectivity index (χ0) is 17.3. The van der Waals surface area contributed by atoms with Crippen LogP contribution in [0.25, 0.3) is 0 Å². The normalized spacial score (nSPS) is 17.1. The zero-order valence-corrected chi connectivity index (χ0v) is 13.5. The molecule has 1 aliphatic rings. The summed E-state index contributed by atoms with van der Waals surface area (Å²) in [6, 6.07) is 4.35. The largest absolute Gasteiger partial charge is 0.324 e. The average molecular weight is 331 g/mol. The van der Waals surface area contributed by atoms with Gasteiger partial charge in [0, 0.05) is 13.6 Å². The van der Waals surface area contributed by atoms with Gasteiger partial charge in [0.1, 0.15) is 12.1 Å². The number of nitrogens with one attached hydrogen (secondary N) is 1. The first kappa shape index (κ1) is 16.1. The van der Waals surface area contributed by atoms with Crippen molar-refractivity contribution < 1.29 is 14.0 Å². The molecule has 24 heavy (non-hydrogen) atoms. The maximum atomic E-state index is 14.0. The first-order chi connectivity index (χ1) is 11.5. The van der Waals surface area contributed by atoms with Gasteiger partial charge in [-0.2, -0.15) is 0 Å². The third kappa shape index (κ3) is 2.86. The topological polar surface area (TPSA) is 80.1 Å². The lowest BCUT2D eigenvalue weighted by Crippen LogP contribution is -2.40. The van der Waals surface area contributed by atoms with Crippen molar-refractivity contribution in [2.45, 2.75) is 25.8 Å². The first-order valence-corrected chi connectivity index (χ1v) is 7.70. The Labute approximate surface area is 138 Å². The van der Waals surface area contributed by atoms with Crippen LogP contribution >= 0.6 is 0 Å². The third-order valence-electron chi connectivity index (χ3n) is 4.19. The van der Waals surface area contributed by atoms with E-state index in [1.54, 1.807) is 37.0 Å². The quantitative estimate of drug-likeness (QED) is 0.847. The monoisotopic (exact) mass is 331 g/mol. The molecule has 1 N–H and O–H groups in total. The predicted octanol–water partition coefficient (Wildman–Crippen LogP) is 1.56. The highest BCUT2D eigenvalue weighted by atomic mass is 19.1. The van der Waals surface area contributed by atoms with E-state index in [1.807, 2.05) is 0 Å². The van der Waals surface area contributed by atoms with Crippen LogP contribution in [0.5, 0.6) is 0 Å². The average Bonchev–Trinajstić information content (AvgIpc) is 3.19. The minimum Gasteiger partial charge on any atom is -0.324 e. The lowest BCUT2D eigenvalue weighted by molar-refractivity contribution is -0.143. The van der Waals surface area contributed by atoms with Crippen LogP contribution in [0.2, 0.25) is 0 Å². The summed E-state index contributed by atoms with van der Waals surface area (Å²) in [7, 11) is 1.79. The summed E-state index contributed by atoms with van der Waals surface area (Å²) in [6.45, 7) is 2.05. The minimum absolute atomic E-state index is 0.00255. The molecule has 2 amide bonds. The Hall–Kier alpha value is -2.77. The SMILES string of the molecule is Cc1cccc(NC(=O)C(=O)N2CCC[C@@H]2c2nncn2C)c1F. The van der Waals surface area contributed by atoms with Gasteiger partial charge in [0.25, 0.3) is 0 Å². The second-order valence-electron chi connectivity index (χ2n) is 5.85. The molecule has 7 nitrogen and oxygen atoms in total. The van der Waals surface area contributed by atoms with Gasteiger partial charge in [-0.3, -0.25) is 9.59 Å². The fourth-order valence-electron chi connectivity index (χ4n) is 2.92. The van der Waals surface area contributed by atoms with E-state index in [1.165, 1.54) is 11.0 Å². The molecule has 1 atom stereocenters. The van der Waals surface area contributed by atoms with Crippen LogP contribution in [0.3, 0.4) is 0 Å². The van der Waals surface area contributed by atoms with Gasteiger partial charge in [0.15, 0.2) is 5.82 Å². The van der Waals surface area contributed by atoms with E-state index >= 15 is 0 Å². The van der Waals surface area contributed by atoms with Crippen molar-refractivity contribution in [1.82, 2.24) is 19.7 Å². The molecule has 1 fully saturated rings. The van der Waals surface area contributed by atoms with Gasteiger partial charge in [-0.15, -0.1) is 10.2 Å². The number of rotatable bonds is 2. The molecular formula is C16H18FN5O2. The molecule has 1 aromatic heterocycles. The Morgan fingerprint density at radius 2 is 2.17 bits per heavy atom. The minimum atomic E-state index is -0.853. The number of likely N-dealkylation sites (tertiary alicyclic amines) is 1. The van der Waals surface area contributed by atoms with E-state index in [0.717, 1.165) is 6.42 Å². The number of hydrogen-bond donors (Lipinski definition) is 1. The van der Waals surface area contributed by atoms with Crippen LogP contribution < -0.4 is 5.32 Å². The van der Waals surface area contributed by atoms with Crippen LogP contribution in [-0.4, -0.2) is 38.0 Å². The Kier molecular flexibility index (Phi) is 4.28. The van der Waals surface area contributed by atoms with E-state index in [4.69, 9.17) is 0 Å². The maximum Gasteiger partial charge on any atom is 0.314 e. The molecule has 3 rings (SSSR count). The Bertz CT molecular complexity index is 789. The summed E-state index contributed by atoms with van der Waals surface area (Å²) in [6.07, 6.45) is 3.04. The van der Waals surface area contributed by atoms with Gasteiger partial charge in [-0.05, 0) is 31.4 Å². The fourth-order valence-corrected chi connectivity index (χ4v) is 2.92. The first-order valence-electron chi connectivity index (χ1n) is 7.70. The van der Waals surface area contributed by atoms with Gasteiger partial charge in [0.2, 0.25) is 0 Å². The van der Waals surface area contributed by atoms with Crippen molar-refractivity contribution >= 4 is 17.5 Å². The van der Waals surface area contributed by atoms with Gasteiger partial charge in [-0.25, -0.2) is 4.39 Å². The van der Waals surface area contributed by atoms with Crippen molar-refractivity contribution in [2.24, 2.45) is 7.05 Å². The van der Waals surface area contributed by atoms with Crippen LogP contribution in [-0.2, 0) is 16.6 Å². The van der Waals surface area contributed by atoms with Crippen molar-refractivity contribution in [3.8, 4) is 0 Å². The number of halogens is 1. The summed E-state index contributed by atoms with van der Waals surface area (Å²) in [4.78, 5) is 26.2. The van der Waals surface area contributed by atoms with E-state index in [9.17, 15) is 14.0 Å². The highest BCUT2D eigenvalue weighted by Gasteiger charge is 2.36. The highest BCUT2D eigenvalue weighted by molar-refractivity contribution is 6.39. The number of carbonyl (C=O) groups excluding carboxylic acids is 2. The summed E-state index contributed by atoms with van der Waals surface area (Å²) in [5, 5.41) is 10.2. The summed E-state index contributed by atoms with van der Waals surface area (Å²) in [5.74, 6) is -1.45.